The first-order valence-corrected chi connectivity index (χ1v) is 13.3. The van der Waals surface area contributed by atoms with Crippen molar-refractivity contribution in [2.75, 3.05) is 13.7 Å². The Morgan fingerprint density at radius 2 is 1.89 bits per heavy atom. The molecule has 0 radical (unpaired) electrons. The monoisotopic (exact) mass is 487 g/mol. The first-order valence-electron chi connectivity index (χ1n) is 13.3. The summed E-state index contributed by atoms with van der Waals surface area (Å²) in [6, 6.07) is -1.39. The molecule has 2 aliphatic heterocycles. The number of nitrogens with one attached hydrogen (secondary N) is 2. The predicted octanol–water partition coefficient (Wildman–Crippen LogP) is 2.44. The number of rotatable bonds is 3. The number of esters is 1. The lowest BCUT2D eigenvalue weighted by Gasteiger charge is -2.30. The lowest BCUT2D eigenvalue weighted by Crippen LogP contribution is -2.56. The maximum absolute atomic E-state index is 13.6. The van der Waals surface area contributed by atoms with Crippen LogP contribution in [0.4, 0.5) is 4.79 Å². The third-order valence-corrected chi connectivity index (χ3v) is 8.55. The van der Waals surface area contributed by atoms with Crippen LogP contribution >= 0.6 is 0 Å². The molecule has 1 unspecified atom stereocenters. The lowest BCUT2D eigenvalue weighted by molar-refractivity contribution is -0.148. The van der Waals surface area contributed by atoms with Gasteiger partial charge in [-0.05, 0) is 69.6 Å². The molecule has 5 rings (SSSR count). The summed E-state index contributed by atoms with van der Waals surface area (Å²) in [6.45, 7) is 0.449. The Morgan fingerprint density at radius 1 is 1.09 bits per heavy atom. The van der Waals surface area contributed by atoms with Gasteiger partial charge >= 0.3 is 12.1 Å². The third-order valence-electron chi connectivity index (χ3n) is 8.55. The smallest absolute Gasteiger partial charge is 0.408 e. The summed E-state index contributed by atoms with van der Waals surface area (Å²) >= 11 is 0. The fourth-order valence-corrected chi connectivity index (χ4v) is 6.33. The van der Waals surface area contributed by atoms with Crippen molar-refractivity contribution in [1.29, 1.82) is 0 Å². The highest BCUT2D eigenvalue weighted by molar-refractivity contribution is 5.96. The summed E-state index contributed by atoms with van der Waals surface area (Å²) in [7, 11) is 1.33. The topological polar surface area (TPSA) is 114 Å². The summed E-state index contributed by atoms with van der Waals surface area (Å²) in [6.07, 6.45) is 12.3. The Labute approximate surface area is 206 Å². The van der Waals surface area contributed by atoms with Crippen LogP contribution in [0.15, 0.2) is 12.2 Å². The largest absolute Gasteiger partial charge is 0.467 e. The normalized spacial score (nSPS) is 39.6. The van der Waals surface area contributed by atoms with Gasteiger partial charge in [0.05, 0.1) is 7.11 Å². The van der Waals surface area contributed by atoms with Crippen LogP contribution in [-0.4, -0.2) is 66.2 Å². The summed E-state index contributed by atoms with van der Waals surface area (Å²) in [5, 5.41) is 5.75. The fraction of sp³-hybridized carbons (Fsp3) is 0.769. The van der Waals surface area contributed by atoms with Crippen LogP contribution in [0.1, 0.15) is 70.6 Å². The molecular weight excluding hydrogens is 450 g/mol. The molecule has 2 N–H and O–H groups in total. The number of alkyl carbamates (subject to hydrolysis) is 1. The Balaban J connectivity index is 1.29. The number of carbonyl (C=O) groups is 4. The van der Waals surface area contributed by atoms with Crippen molar-refractivity contribution in [2.24, 2.45) is 17.8 Å². The van der Waals surface area contributed by atoms with Crippen LogP contribution in [0, 0.1) is 17.8 Å². The van der Waals surface area contributed by atoms with Gasteiger partial charge in [0.25, 0.3) is 0 Å². The van der Waals surface area contributed by atoms with Crippen LogP contribution in [-0.2, 0) is 23.9 Å². The highest BCUT2D eigenvalue weighted by Gasteiger charge is 2.61. The standard InChI is InChI=1S/C26H37N3O6/c1-34-24(32)26-15-18(26)8-5-3-2-4-6-9-20(23(31)29-11-7-10-21(29)22(30)28-26)27-25(33)35-19-13-16-12-17(16)14-19/h5,8,16-21H,2-4,6-7,9-15H2,1H3,(H,27,33)(H,28,30)/b8-5-/t16-,17+,18-,19?,20+,21+,26-/m1/s1. The molecule has 0 aromatic carbocycles. The van der Waals surface area contributed by atoms with E-state index in [2.05, 4.69) is 16.7 Å². The zero-order valence-electron chi connectivity index (χ0n) is 20.5. The molecule has 3 saturated carbocycles. The zero-order chi connectivity index (χ0) is 24.6. The van der Waals surface area contributed by atoms with E-state index in [4.69, 9.17) is 9.47 Å². The Morgan fingerprint density at radius 3 is 2.66 bits per heavy atom. The molecular formula is C26H37N3O6. The predicted molar refractivity (Wildman–Crippen MR) is 126 cm³/mol. The van der Waals surface area contributed by atoms with E-state index in [0.29, 0.717) is 44.1 Å². The molecule has 7 atom stereocenters. The van der Waals surface area contributed by atoms with Gasteiger partial charge < -0.3 is 25.0 Å². The first kappa shape index (κ1) is 24.1. The van der Waals surface area contributed by atoms with Crippen LogP contribution in [0.2, 0.25) is 0 Å². The SMILES string of the molecule is COC(=O)[C@@]12C[C@H]1/C=C\CCCCC[C@H](NC(=O)OC1C[C@@H]3C[C@@H]3C1)C(=O)N1CCC[C@H]1C(=O)N2. The highest BCUT2D eigenvalue weighted by atomic mass is 16.6. The van der Waals surface area contributed by atoms with E-state index in [1.54, 1.807) is 4.90 Å². The van der Waals surface area contributed by atoms with E-state index in [1.165, 1.54) is 13.5 Å². The molecule has 2 heterocycles. The van der Waals surface area contributed by atoms with Gasteiger partial charge in [0.2, 0.25) is 11.8 Å². The molecule has 0 aromatic heterocycles. The molecule has 192 valence electrons. The summed E-state index contributed by atoms with van der Waals surface area (Å²) < 4.78 is 10.6. The number of ether oxygens (including phenoxy) is 2. The molecule has 0 spiro atoms. The van der Waals surface area contributed by atoms with Gasteiger partial charge in [0.15, 0.2) is 0 Å². The van der Waals surface area contributed by atoms with Gasteiger partial charge in [-0.3, -0.25) is 9.59 Å². The Kier molecular flexibility index (Phi) is 6.77. The number of allylic oxidation sites excluding steroid dienone is 1. The number of nitrogens with zero attached hydrogens (tertiary/aromatic N) is 1. The molecule has 0 aromatic rings. The minimum atomic E-state index is -1.05. The Hall–Kier alpha value is -2.58. The minimum absolute atomic E-state index is 0.0609. The second-order valence-electron chi connectivity index (χ2n) is 11.0. The molecule has 4 fully saturated rings. The zero-order valence-corrected chi connectivity index (χ0v) is 20.5. The van der Waals surface area contributed by atoms with Crippen molar-refractivity contribution in [2.45, 2.75) is 94.4 Å². The summed E-state index contributed by atoms with van der Waals surface area (Å²) in [5.41, 5.74) is -1.05. The molecule has 9 heteroatoms. The highest BCUT2D eigenvalue weighted by Crippen LogP contribution is 2.52. The van der Waals surface area contributed by atoms with E-state index in [9.17, 15) is 19.2 Å². The van der Waals surface area contributed by atoms with Crippen molar-refractivity contribution in [1.82, 2.24) is 15.5 Å². The average Bonchev–Trinajstić information content (AvgIpc) is 3.60. The van der Waals surface area contributed by atoms with E-state index >= 15 is 0 Å². The second-order valence-corrected chi connectivity index (χ2v) is 11.0. The van der Waals surface area contributed by atoms with Crippen LogP contribution in [0.3, 0.4) is 0 Å². The van der Waals surface area contributed by atoms with Crippen molar-refractivity contribution >= 4 is 23.9 Å². The van der Waals surface area contributed by atoms with Gasteiger partial charge in [0.1, 0.15) is 23.7 Å². The van der Waals surface area contributed by atoms with Gasteiger partial charge in [-0.15, -0.1) is 0 Å². The lowest BCUT2D eigenvalue weighted by atomic mass is 10.0. The van der Waals surface area contributed by atoms with Crippen LogP contribution in [0.5, 0.6) is 0 Å². The minimum Gasteiger partial charge on any atom is -0.467 e. The Bertz CT molecular complexity index is 896. The molecule has 35 heavy (non-hydrogen) atoms. The van der Waals surface area contributed by atoms with Gasteiger partial charge in [0, 0.05) is 12.5 Å². The third kappa shape index (κ3) is 5.05. The average molecular weight is 488 g/mol. The molecule has 3 aliphatic carbocycles. The maximum atomic E-state index is 13.6. The number of hydrogen-bond donors (Lipinski definition) is 2. The number of methoxy groups -OCH3 is 1. The van der Waals surface area contributed by atoms with Crippen LogP contribution in [0.25, 0.3) is 0 Å². The van der Waals surface area contributed by atoms with Crippen molar-refractivity contribution in [3.05, 3.63) is 12.2 Å². The van der Waals surface area contributed by atoms with Gasteiger partial charge in [-0.25, -0.2) is 9.59 Å². The summed E-state index contributed by atoms with van der Waals surface area (Å²) in [5.74, 6) is 0.267. The maximum Gasteiger partial charge on any atom is 0.408 e. The van der Waals surface area contributed by atoms with Crippen LogP contribution < -0.4 is 10.6 Å². The van der Waals surface area contributed by atoms with Crippen molar-refractivity contribution in [3.8, 4) is 0 Å². The van der Waals surface area contributed by atoms with E-state index in [-0.39, 0.29) is 23.8 Å². The quantitative estimate of drug-likeness (QED) is 0.467. The van der Waals surface area contributed by atoms with E-state index < -0.39 is 29.7 Å². The molecule has 9 nitrogen and oxygen atoms in total. The number of carbonyl (C=O) groups excluding carboxylic acids is 4. The van der Waals surface area contributed by atoms with Gasteiger partial charge in [-0.2, -0.15) is 0 Å². The van der Waals surface area contributed by atoms with Crippen molar-refractivity contribution < 1.29 is 28.7 Å². The first-order chi connectivity index (χ1) is 16.9. The molecule has 5 aliphatic rings. The number of hydrogen-bond acceptors (Lipinski definition) is 6. The molecule has 1 saturated heterocycles. The van der Waals surface area contributed by atoms with E-state index in [1.807, 2.05) is 6.08 Å². The fourth-order valence-electron chi connectivity index (χ4n) is 6.33. The molecule has 3 amide bonds. The number of fused-ring (bicyclic) bond motifs is 3. The second kappa shape index (κ2) is 9.82. The summed E-state index contributed by atoms with van der Waals surface area (Å²) in [4.78, 5) is 53.7. The van der Waals surface area contributed by atoms with Crippen molar-refractivity contribution in [3.63, 3.8) is 0 Å². The number of amides is 3. The molecule has 0 bridgehead atoms. The van der Waals surface area contributed by atoms with Gasteiger partial charge in [-0.1, -0.05) is 25.0 Å². The van der Waals surface area contributed by atoms with E-state index in [0.717, 1.165) is 38.5 Å².